The van der Waals surface area contributed by atoms with Crippen LogP contribution in [0.1, 0.15) is 25.0 Å². The highest BCUT2D eigenvalue weighted by molar-refractivity contribution is 7.98. The predicted octanol–water partition coefficient (Wildman–Crippen LogP) is 2.83. The Labute approximate surface area is 115 Å². The number of aryl methyl sites for hydroxylation is 1. The summed E-state index contributed by atoms with van der Waals surface area (Å²) in [6, 6.07) is 8.55. The number of benzene rings is 1. The van der Waals surface area contributed by atoms with Crippen molar-refractivity contribution in [3.63, 3.8) is 0 Å². The molecule has 0 aliphatic carbocycles. The molecule has 0 aliphatic rings. The van der Waals surface area contributed by atoms with Crippen molar-refractivity contribution in [1.82, 2.24) is 5.32 Å². The molecular weight excluding hydrogens is 242 g/mol. The standard InChI is InChI=1S/C15H25NOS/c1-12(2)8-16-9-15(17)11-18-10-14-6-4-5-13(3)7-14/h4-7,12,15-17H,8-11H2,1-3H3. The number of thioether (sulfide) groups is 1. The normalized spacial score (nSPS) is 12.9. The first-order chi connectivity index (χ1) is 8.58. The van der Waals surface area contributed by atoms with Gasteiger partial charge in [-0.25, -0.2) is 0 Å². The summed E-state index contributed by atoms with van der Waals surface area (Å²) in [5, 5.41) is 13.1. The Morgan fingerprint density at radius 1 is 1.28 bits per heavy atom. The number of hydrogen-bond acceptors (Lipinski definition) is 3. The van der Waals surface area contributed by atoms with Crippen LogP contribution in [0, 0.1) is 12.8 Å². The molecule has 1 atom stereocenters. The summed E-state index contributed by atoms with van der Waals surface area (Å²) >= 11 is 1.79. The van der Waals surface area contributed by atoms with Gasteiger partial charge in [-0.2, -0.15) is 11.8 Å². The van der Waals surface area contributed by atoms with Gasteiger partial charge in [0.25, 0.3) is 0 Å². The second-order valence-electron chi connectivity index (χ2n) is 5.21. The first-order valence-corrected chi connectivity index (χ1v) is 7.75. The Hall–Kier alpha value is -0.510. The lowest BCUT2D eigenvalue weighted by Gasteiger charge is -2.13. The van der Waals surface area contributed by atoms with Gasteiger partial charge in [-0.05, 0) is 24.9 Å². The molecule has 2 N–H and O–H groups in total. The molecule has 0 radical (unpaired) electrons. The number of aliphatic hydroxyl groups excluding tert-OH is 1. The molecule has 1 aromatic carbocycles. The lowest BCUT2D eigenvalue weighted by atomic mass is 10.2. The third kappa shape index (κ3) is 7.04. The van der Waals surface area contributed by atoms with Crippen LogP contribution in [-0.2, 0) is 5.75 Å². The van der Waals surface area contributed by atoms with Crippen LogP contribution in [-0.4, -0.2) is 30.1 Å². The molecule has 0 aliphatic heterocycles. The van der Waals surface area contributed by atoms with Crippen molar-refractivity contribution >= 4 is 11.8 Å². The van der Waals surface area contributed by atoms with Crippen molar-refractivity contribution in [3.05, 3.63) is 35.4 Å². The van der Waals surface area contributed by atoms with E-state index in [0.29, 0.717) is 12.5 Å². The van der Waals surface area contributed by atoms with Gasteiger partial charge in [-0.3, -0.25) is 0 Å². The van der Waals surface area contributed by atoms with Gasteiger partial charge in [0.15, 0.2) is 0 Å². The second kappa shape index (κ2) is 8.57. The maximum atomic E-state index is 9.81. The quantitative estimate of drug-likeness (QED) is 0.759. The van der Waals surface area contributed by atoms with Gasteiger partial charge < -0.3 is 10.4 Å². The van der Waals surface area contributed by atoms with Crippen molar-refractivity contribution in [2.45, 2.75) is 32.6 Å². The number of hydrogen-bond donors (Lipinski definition) is 2. The van der Waals surface area contributed by atoms with Gasteiger partial charge in [0.1, 0.15) is 0 Å². The van der Waals surface area contributed by atoms with Crippen molar-refractivity contribution in [1.29, 1.82) is 0 Å². The fourth-order valence-corrected chi connectivity index (χ4v) is 2.64. The van der Waals surface area contributed by atoms with Crippen LogP contribution in [0.4, 0.5) is 0 Å². The number of nitrogens with one attached hydrogen (secondary N) is 1. The average Bonchev–Trinajstić information content (AvgIpc) is 2.28. The highest BCUT2D eigenvalue weighted by Crippen LogP contribution is 2.14. The first kappa shape index (κ1) is 15.5. The predicted molar refractivity (Wildman–Crippen MR) is 81.1 cm³/mol. The van der Waals surface area contributed by atoms with E-state index < -0.39 is 0 Å². The maximum absolute atomic E-state index is 9.81. The third-order valence-corrected chi connectivity index (χ3v) is 3.75. The van der Waals surface area contributed by atoms with Gasteiger partial charge >= 0.3 is 0 Å². The lowest BCUT2D eigenvalue weighted by molar-refractivity contribution is 0.194. The van der Waals surface area contributed by atoms with Gasteiger partial charge in [0, 0.05) is 18.1 Å². The van der Waals surface area contributed by atoms with Gasteiger partial charge in [0.2, 0.25) is 0 Å². The van der Waals surface area contributed by atoms with Crippen LogP contribution in [0.5, 0.6) is 0 Å². The fraction of sp³-hybridized carbons (Fsp3) is 0.600. The van der Waals surface area contributed by atoms with E-state index in [9.17, 15) is 5.11 Å². The highest BCUT2D eigenvalue weighted by atomic mass is 32.2. The van der Waals surface area contributed by atoms with Crippen LogP contribution in [0.3, 0.4) is 0 Å². The third-order valence-electron chi connectivity index (χ3n) is 2.59. The molecule has 0 heterocycles. The van der Waals surface area contributed by atoms with Crippen LogP contribution in [0.25, 0.3) is 0 Å². The minimum Gasteiger partial charge on any atom is -0.391 e. The van der Waals surface area contributed by atoms with E-state index in [0.717, 1.165) is 18.1 Å². The lowest BCUT2D eigenvalue weighted by Crippen LogP contribution is -2.31. The summed E-state index contributed by atoms with van der Waals surface area (Å²) in [6.07, 6.45) is -0.251. The molecule has 0 spiro atoms. The summed E-state index contributed by atoms with van der Waals surface area (Å²) in [5.74, 6) is 2.40. The summed E-state index contributed by atoms with van der Waals surface area (Å²) in [6.45, 7) is 8.12. The molecule has 102 valence electrons. The van der Waals surface area contributed by atoms with Crippen molar-refractivity contribution in [3.8, 4) is 0 Å². The Morgan fingerprint density at radius 2 is 2.06 bits per heavy atom. The van der Waals surface area contributed by atoms with E-state index in [1.807, 2.05) is 0 Å². The van der Waals surface area contributed by atoms with E-state index in [1.54, 1.807) is 11.8 Å². The Bertz CT molecular complexity index is 341. The molecule has 1 unspecified atom stereocenters. The summed E-state index contributed by atoms with van der Waals surface area (Å²) in [5.41, 5.74) is 2.63. The fourth-order valence-electron chi connectivity index (χ4n) is 1.71. The first-order valence-electron chi connectivity index (χ1n) is 6.60. The second-order valence-corrected chi connectivity index (χ2v) is 6.24. The summed E-state index contributed by atoms with van der Waals surface area (Å²) < 4.78 is 0. The number of rotatable bonds is 8. The molecule has 18 heavy (non-hydrogen) atoms. The molecular formula is C15H25NOS. The van der Waals surface area contributed by atoms with Crippen molar-refractivity contribution < 1.29 is 5.11 Å². The molecule has 0 amide bonds. The molecule has 2 nitrogen and oxygen atoms in total. The average molecular weight is 267 g/mol. The maximum Gasteiger partial charge on any atom is 0.0754 e. The topological polar surface area (TPSA) is 32.3 Å². The Kier molecular flexibility index (Phi) is 7.40. The van der Waals surface area contributed by atoms with Crippen LogP contribution in [0.2, 0.25) is 0 Å². The summed E-state index contributed by atoms with van der Waals surface area (Å²) in [4.78, 5) is 0. The van der Waals surface area contributed by atoms with Gasteiger partial charge in [-0.15, -0.1) is 0 Å². The monoisotopic (exact) mass is 267 g/mol. The van der Waals surface area contributed by atoms with Crippen molar-refractivity contribution in [2.75, 3.05) is 18.8 Å². The zero-order chi connectivity index (χ0) is 13.4. The van der Waals surface area contributed by atoms with Gasteiger partial charge in [-0.1, -0.05) is 43.7 Å². The smallest absolute Gasteiger partial charge is 0.0754 e. The summed E-state index contributed by atoms with van der Waals surface area (Å²) in [7, 11) is 0. The zero-order valence-corrected chi connectivity index (χ0v) is 12.5. The molecule has 3 heteroatoms. The molecule has 1 rings (SSSR count). The van der Waals surface area contributed by atoms with E-state index in [1.165, 1.54) is 11.1 Å². The SMILES string of the molecule is Cc1cccc(CSCC(O)CNCC(C)C)c1. The largest absolute Gasteiger partial charge is 0.391 e. The van der Waals surface area contributed by atoms with E-state index >= 15 is 0 Å². The molecule has 1 aromatic rings. The van der Waals surface area contributed by atoms with Crippen LogP contribution in [0.15, 0.2) is 24.3 Å². The van der Waals surface area contributed by atoms with Gasteiger partial charge in [0.05, 0.1) is 6.10 Å². The van der Waals surface area contributed by atoms with E-state index in [4.69, 9.17) is 0 Å². The van der Waals surface area contributed by atoms with E-state index in [-0.39, 0.29) is 6.10 Å². The zero-order valence-electron chi connectivity index (χ0n) is 11.6. The molecule has 0 fully saturated rings. The Morgan fingerprint density at radius 3 is 2.72 bits per heavy atom. The molecule has 0 aromatic heterocycles. The van der Waals surface area contributed by atoms with E-state index in [2.05, 4.69) is 50.4 Å². The number of aliphatic hydroxyl groups is 1. The highest BCUT2D eigenvalue weighted by Gasteiger charge is 2.04. The van der Waals surface area contributed by atoms with Crippen LogP contribution >= 0.6 is 11.8 Å². The molecule has 0 saturated carbocycles. The Balaban J connectivity index is 2.13. The molecule has 0 saturated heterocycles. The minimum absolute atomic E-state index is 0.251. The minimum atomic E-state index is -0.251. The molecule has 0 bridgehead atoms. The van der Waals surface area contributed by atoms with Crippen LogP contribution < -0.4 is 5.32 Å². The van der Waals surface area contributed by atoms with Crippen molar-refractivity contribution in [2.24, 2.45) is 5.92 Å².